The van der Waals surface area contributed by atoms with Crippen LogP contribution in [0, 0.1) is 11.7 Å². The molecule has 1 heterocycles. The highest BCUT2D eigenvalue weighted by molar-refractivity contribution is 5.90. The molecule has 0 aromatic heterocycles. The van der Waals surface area contributed by atoms with Crippen LogP contribution in [0.25, 0.3) is 0 Å². The Labute approximate surface area is 152 Å². The SMILES string of the molecule is O=C(NCc1ccc(F)cc1)[C@@H]1CCCN(C(=O)Nc2ccccc2)C1. The standard InChI is InChI=1S/C20H22FN3O2/c21-17-10-8-15(9-11-17)13-22-19(25)16-5-4-12-24(14-16)20(26)23-18-6-2-1-3-7-18/h1-3,6-11,16H,4-5,12-14H2,(H,22,25)(H,23,26)/t16-/m1/s1. The third-order valence-corrected chi connectivity index (χ3v) is 4.48. The first-order valence-electron chi connectivity index (χ1n) is 8.75. The summed E-state index contributed by atoms with van der Waals surface area (Å²) in [4.78, 5) is 26.5. The van der Waals surface area contributed by atoms with E-state index >= 15 is 0 Å². The van der Waals surface area contributed by atoms with Gasteiger partial charge >= 0.3 is 6.03 Å². The number of anilines is 1. The molecule has 5 nitrogen and oxygen atoms in total. The van der Waals surface area contributed by atoms with Crippen LogP contribution in [0.3, 0.4) is 0 Å². The van der Waals surface area contributed by atoms with Crippen LogP contribution in [-0.2, 0) is 11.3 Å². The molecule has 136 valence electrons. The molecule has 1 atom stereocenters. The van der Waals surface area contributed by atoms with Gasteiger partial charge in [0.25, 0.3) is 0 Å². The second kappa shape index (κ2) is 8.47. The van der Waals surface area contributed by atoms with Gasteiger partial charge in [-0.1, -0.05) is 30.3 Å². The number of halogens is 1. The van der Waals surface area contributed by atoms with Crippen molar-refractivity contribution < 1.29 is 14.0 Å². The lowest BCUT2D eigenvalue weighted by Gasteiger charge is -2.32. The quantitative estimate of drug-likeness (QED) is 0.883. The molecule has 1 aliphatic heterocycles. The number of hydrogen-bond acceptors (Lipinski definition) is 2. The van der Waals surface area contributed by atoms with Crippen LogP contribution < -0.4 is 10.6 Å². The van der Waals surface area contributed by atoms with E-state index in [0.29, 0.717) is 19.6 Å². The Morgan fingerprint density at radius 3 is 2.54 bits per heavy atom. The third-order valence-electron chi connectivity index (χ3n) is 4.48. The van der Waals surface area contributed by atoms with Crippen molar-refractivity contribution in [1.82, 2.24) is 10.2 Å². The van der Waals surface area contributed by atoms with Crippen molar-refractivity contribution in [3.63, 3.8) is 0 Å². The second-order valence-corrected chi connectivity index (χ2v) is 6.43. The van der Waals surface area contributed by atoms with Crippen molar-refractivity contribution in [2.45, 2.75) is 19.4 Å². The summed E-state index contributed by atoms with van der Waals surface area (Å²) in [7, 11) is 0. The van der Waals surface area contributed by atoms with Gasteiger partial charge in [0.2, 0.25) is 5.91 Å². The van der Waals surface area contributed by atoms with Gasteiger partial charge in [-0.25, -0.2) is 9.18 Å². The molecule has 0 spiro atoms. The highest BCUT2D eigenvalue weighted by atomic mass is 19.1. The monoisotopic (exact) mass is 355 g/mol. The molecule has 2 N–H and O–H groups in total. The highest BCUT2D eigenvalue weighted by Crippen LogP contribution is 2.18. The van der Waals surface area contributed by atoms with Gasteiger partial charge in [-0.3, -0.25) is 4.79 Å². The summed E-state index contributed by atoms with van der Waals surface area (Å²) < 4.78 is 12.9. The predicted octanol–water partition coefficient (Wildman–Crippen LogP) is 3.39. The zero-order valence-electron chi connectivity index (χ0n) is 14.5. The van der Waals surface area contributed by atoms with Gasteiger partial charge in [-0.2, -0.15) is 0 Å². The summed E-state index contributed by atoms with van der Waals surface area (Å²) in [6.07, 6.45) is 1.54. The zero-order chi connectivity index (χ0) is 18.4. The van der Waals surface area contributed by atoms with Crippen LogP contribution in [0.2, 0.25) is 0 Å². The molecule has 2 aromatic rings. The number of piperidine rings is 1. The number of nitrogens with zero attached hydrogens (tertiary/aromatic N) is 1. The fourth-order valence-electron chi connectivity index (χ4n) is 3.04. The van der Waals surface area contributed by atoms with E-state index in [1.165, 1.54) is 12.1 Å². The van der Waals surface area contributed by atoms with Gasteiger partial charge in [0.15, 0.2) is 0 Å². The molecular weight excluding hydrogens is 333 g/mol. The summed E-state index contributed by atoms with van der Waals surface area (Å²) in [6.45, 7) is 1.39. The summed E-state index contributed by atoms with van der Waals surface area (Å²) >= 11 is 0. The largest absolute Gasteiger partial charge is 0.352 e. The summed E-state index contributed by atoms with van der Waals surface area (Å²) in [6, 6.07) is 15.1. The first-order chi connectivity index (χ1) is 12.6. The Bertz CT molecular complexity index is 749. The molecule has 1 fully saturated rings. The number of likely N-dealkylation sites (tertiary alicyclic amines) is 1. The average molecular weight is 355 g/mol. The molecule has 0 unspecified atom stereocenters. The van der Waals surface area contributed by atoms with Crippen molar-refractivity contribution >= 4 is 17.6 Å². The van der Waals surface area contributed by atoms with E-state index < -0.39 is 0 Å². The molecule has 1 saturated heterocycles. The summed E-state index contributed by atoms with van der Waals surface area (Å²) in [5.41, 5.74) is 1.58. The minimum absolute atomic E-state index is 0.0773. The minimum atomic E-state index is -0.299. The minimum Gasteiger partial charge on any atom is -0.352 e. The van der Waals surface area contributed by atoms with Gasteiger partial charge in [-0.05, 0) is 42.7 Å². The number of para-hydroxylation sites is 1. The predicted molar refractivity (Wildman–Crippen MR) is 98.0 cm³/mol. The molecule has 0 aliphatic carbocycles. The zero-order valence-corrected chi connectivity index (χ0v) is 14.5. The number of hydrogen-bond donors (Lipinski definition) is 2. The molecule has 2 aromatic carbocycles. The average Bonchev–Trinajstić information content (AvgIpc) is 2.68. The van der Waals surface area contributed by atoms with Crippen LogP contribution in [0.15, 0.2) is 54.6 Å². The Morgan fingerprint density at radius 1 is 1.08 bits per heavy atom. The van der Waals surface area contributed by atoms with E-state index in [4.69, 9.17) is 0 Å². The van der Waals surface area contributed by atoms with Crippen LogP contribution in [0.5, 0.6) is 0 Å². The van der Waals surface area contributed by atoms with Crippen LogP contribution in [-0.4, -0.2) is 29.9 Å². The molecule has 26 heavy (non-hydrogen) atoms. The van der Waals surface area contributed by atoms with Gasteiger partial charge < -0.3 is 15.5 Å². The molecule has 0 saturated carbocycles. The lowest BCUT2D eigenvalue weighted by atomic mass is 9.97. The maximum absolute atomic E-state index is 12.9. The number of urea groups is 1. The van der Waals surface area contributed by atoms with Crippen LogP contribution in [0.1, 0.15) is 18.4 Å². The number of carbonyl (C=O) groups excluding carboxylic acids is 2. The Balaban J connectivity index is 1.51. The topological polar surface area (TPSA) is 61.4 Å². The van der Waals surface area contributed by atoms with E-state index in [2.05, 4.69) is 10.6 Å². The Kier molecular flexibility index (Phi) is 5.84. The summed E-state index contributed by atoms with van der Waals surface area (Å²) in [5, 5.41) is 5.73. The van der Waals surface area contributed by atoms with Crippen molar-refractivity contribution in [2.24, 2.45) is 5.92 Å². The van der Waals surface area contributed by atoms with E-state index in [0.717, 1.165) is 24.1 Å². The first kappa shape index (κ1) is 17.9. The lowest BCUT2D eigenvalue weighted by Crippen LogP contribution is -2.46. The van der Waals surface area contributed by atoms with E-state index in [-0.39, 0.29) is 23.7 Å². The van der Waals surface area contributed by atoms with Crippen molar-refractivity contribution in [2.75, 3.05) is 18.4 Å². The fraction of sp³-hybridized carbons (Fsp3) is 0.300. The van der Waals surface area contributed by atoms with E-state index in [9.17, 15) is 14.0 Å². The molecule has 6 heteroatoms. The normalized spacial score (nSPS) is 16.8. The van der Waals surface area contributed by atoms with Gasteiger partial charge in [0, 0.05) is 25.3 Å². The molecule has 0 bridgehead atoms. The number of amides is 3. The third kappa shape index (κ3) is 4.81. The molecule has 3 rings (SSSR count). The first-order valence-corrected chi connectivity index (χ1v) is 8.75. The molecule has 3 amide bonds. The van der Waals surface area contributed by atoms with Crippen molar-refractivity contribution in [1.29, 1.82) is 0 Å². The molecule has 1 aliphatic rings. The maximum Gasteiger partial charge on any atom is 0.321 e. The molecular formula is C20H22FN3O2. The van der Waals surface area contributed by atoms with Crippen LogP contribution in [0.4, 0.5) is 14.9 Å². The molecule has 0 radical (unpaired) electrons. The lowest BCUT2D eigenvalue weighted by molar-refractivity contribution is -0.126. The fourth-order valence-corrected chi connectivity index (χ4v) is 3.04. The highest BCUT2D eigenvalue weighted by Gasteiger charge is 2.28. The van der Waals surface area contributed by atoms with Gasteiger partial charge in [-0.15, -0.1) is 0 Å². The number of nitrogens with one attached hydrogen (secondary N) is 2. The Morgan fingerprint density at radius 2 is 1.81 bits per heavy atom. The number of rotatable bonds is 4. The van der Waals surface area contributed by atoms with Crippen molar-refractivity contribution in [3.8, 4) is 0 Å². The number of benzene rings is 2. The van der Waals surface area contributed by atoms with Crippen molar-refractivity contribution in [3.05, 3.63) is 66.0 Å². The van der Waals surface area contributed by atoms with Crippen LogP contribution >= 0.6 is 0 Å². The number of carbonyl (C=O) groups is 2. The van der Waals surface area contributed by atoms with E-state index in [1.807, 2.05) is 30.3 Å². The van der Waals surface area contributed by atoms with E-state index in [1.54, 1.807) is 17.0 Å². The second-order valence-electron chi connectivity index (χ2n) is 6.43. The van der Waals surface area contributed by atoms with Gasteiger partial charge in [0.05, 0.1) is 5.92 Å². The summed E-state index contributed by atoms with van der Waals surface area (Å²) in [5.74, 6) is -0.607. The maximum atomic E-state index is 12.9. The Hall–Kier alpha value is -2.89. The van der Waals surface area contributed by atoms with Gasteiger partial charge in [0.1, 0.15) is 5.82 Å². The smallest absolute Gasteiger partial charge is 0.321 e.